The van der Waals surface area contributed by atoms with E-state index in [1.807, 2.05) is 47.5 Å². The van der Waals surface area contributed by atoms with Gasteiger partial charge in [0.2, 0.25) is 10.0 Å². The summed E-state index contributed by atoms with van der Waals surface area (Å²) in [6.45, 7) is 6.57. The van der Waals surface area contributed by atoms with Gasteiger partial charge in [0.05, 0.1) is 28.0 Å². The normalized spacial score (nSPS) is 19.7. The van der Waals surface area contributed by atoms with Crippen LogP contribution in [0.1, 0.15) is 45.1 Å². The van der Waals surface area contributed by atoms with Crippen molar-refractivity contribution in [3.05, 3.63) is 71.3 Å². The first-order valence-electron chi connectivity index (χ1n) is 15.4. The molecular formula is C33H37N5O5S2. The van der Waals surface area contributed by atoms with E-state index in [9.17, 15) is 18.0 Å². The fourth-order valence-corrected chi connectivity index (χ4v) is 8.32. The van der Waals surface area contributed by atoms with Gasteiger partial charge in [0, 0.05) is 43.5 Å². The first-order valence-corrected chi connectivity index (χ1v) is 17.7. The second-order valence-electron chi connectivity index (χ2n) is 11.7. The number of rotatable bonds is 7. The minimum absolute atomic E-state index is 0.136. The molecule has 2 saturated heterocycles. The lowest BCUT2D eigenvalue weighted by Crippen LogP contribution is -2.39. The zero-order valence-electron chi connectivity index (χ0n) is 25.5. The number of esters is 1. The molecule has 0 unspecified atom stereocenters. The van der Waals surface area contributed by atoms with E-state index in [4.69, 9.17) is 9.84 Å². The summed E-state index contributed by atoms with van der Waals surface area (Å²) >= 11 is 1.31. The maximum atomic E-state index is 13.6. The Morgan fingerprint density at radius 1 is 1.02 bits per heavy atom. The molecule has 0 N–H and O–H groups in total. The summed E-state index contributed by atoms with van der Waals surface area (Å²) in [6.07, 6.45) is 6.62. The Morgan fingerprint density at radius 2 is 1.76 bits per heavy atom. The number of amides is 1. The Bertz CT molecular complexity index is 1740. The van der Waals surface area contributed by atoms with E-state index in [2.05, 4.69) is 11.9 Å². The number of carbonyl (C=O) groups is 2. The molecule has 0 atom stereocenters. The highest BCUT2D eigenvalue weighted by molar-refractivity contribution is 8.18. The van der Waals surface area contributed by atoms with E-state index in [0.717, 1.165) is 18.5 Å². The summed E-state index contributed by atoms with van der Waals surface area (Å²) < 4.78 is 35.7. The number of thioether (sulfide) groups is 1. The quantitative estimate of drug-likeness (QED) is 0.254. The molecule has 45 heavy (non-hydrogen) atoms. The molecule has 236 valence electrons. The first-order chi connectivity index (χ1) is 21.7. The topological polar surface area (TPSA) is 114 Å². The number of carbonyl (C=O) groups excluding carboxylic acids is 2. The predicted octanol–water partition coefficient (Wildman–Crippen LogP) is 5.21. The van der Waals surface area contributed by atoms with Crippen molar-refractivity contribution < 1.29 is 22.7 Å². The van der Waals surface area contributed by atoms with Crippen molar-refractivity contribution in [2.75, 3.05) is 32.8 Å². The third-order valence-corrected chi connectivity index (χ3v) is 11.5. The van der Waals surface area contributed by atoms with Gasteiger partial charge in [-0.05, 0) is 80.6 Å². The van der Waals surface area contributed by atoms with E-state index in [-0.39, 0.29) is 22.7 Å². The van der Waals surface area contributed by atoms with Gasteiger partial charge in [-0.1, -0.05) is 37.3 Å². The summed E-state index contributed by atoms with van der Waals surface area (Å²) in [5, 5.41) is 5.48. The van der Waals surface area contributed by atoms with Crippen LogP contribution < -0.4 is 0 Å². The molecule has 0 aliphatic carbocycles. The summed E-state index contributed by atoms with van der Waals surface area (Å²) in [4.78, 5) is 32.3. The number of ether oxygens (including phenoxy) is 1. The molecule has 4 heterocycles. The molecule has 3 aromatic rings. The SMILES string of the molecule is CCOC(=O)C1CCN(C2=NC(=O)C(=Cc3cn(-c4ccccc4)nc3-c3cccc(S(=O)(=O)N4CCC(C)CC4)c3)S2)CC1. The lowest BCUT2D eigenvalue weighted by molar-refractivity contribution is -0.149. The molecule has 0 bridgehead atoms. The number of piperidine rings is 2. The van der Waals surface area contributed by atoms with Crippen molar-refractivity contribution >= 4 is 44.9 Å². The summed E-state index contributed by atoms with van der Waals surface area (Å²) in [6, 6.07) is 16.5. The van der Waals surface area contributed by atoms with Crippen LogP contribution >= 0.6 is 11.8 Å². The van der Waals surface area contributed by atoms with Gasteiger partial charge in [0.15, 0.2) is 5.17 Å². The van der Waals surface area contributed by atoms with Crippen molar-refractivity contribution in [2.45, 2.75) is 44.4 Å². The molecule has 1 amide bonds. The van der Waals surface area contributed by atoms with Crippen LogP contribution in [0.4, 0.5) is 0 Å². The van der Waals surface area contributed by atoms with Gasteiger partial charge in [0.1, 0.15) is 5.69 Å². The Labute approximate surface area is 268 Å². The van der Waals surface area contributed by atoms with Crippen molar-refractivity contribution in [2.24, 2.45) is 16.8 Å². The molecule has 0 saturated carbocycles. The fourth-order valence-electron chi connectivity index (χ4n) is 5.85. The summed E-state index contributed by atoms with van der Waals surface area (Å²) in [7, 11) is -3.67. The largest absolute Gasteiger partial charge is 0.466 e. The van der Waals surface area contributed by atoms with E-state index >= 15 is 0 Å². The lowest BCUT2D eigenvalue weighted by atomic mass is 9.97. The number of benzene rings is 2. The molecule has 6 rings (SSSR count). The van der Waals surface area contributed by atoms with Gasteiger partial charge in [-0.3, -0.25) is 9.59 Å². The van der Waals surface area contributed by atoms with Crippen LogP contribution in [0.5, 0.6) is 0 Å². The van der Waals surface area contributed by atoms with Crippen molar-refractivity contribution in [1.82, 2.24) is 19.0 Å². The molecule has 12 heteroatoms. The zero-order valence-corrected chi connectivity index (χ0v) is 27.1. The highest BCUT2D eigenvalue weighted by Gasteiger charge is 2.32. The van der Waals surface area contributed by atoms with Crippen molar-refractivity contribution in [3.8, 4) is 16.9 Å². The van der Waals surface area contributed by atoms with Crippen molar-refractivity contribution in [1.29, 1.82) is 0 Å². The maximum Gasteiger partial charge on any atom is 0.309 e. The molecule has 10 nitrogen and oxygen atoms in total. The minimum atomic E-state index is -3.67. The van der Waals surface area contributed by atoms with Crippen LogP contribution in [0.15, 0.2) is 75.6 Å². The number of hydrogen-bond acceptors (Lipinski definition) is 8. The van der Waals surface area contributed by atoms with Crippen LogP contribution in [-0.4, -0.2) is 77.2 Å². The number of nitrogens with zero attached hydrogens (tertiary/aromatic N) is 5. The Kier molecular flexibility index (Phi) is 9.25. The number of aliphatic imine (C=N–C) groups is 1. The molecule has 3 aliphatic heterocycles. The van der Waals surface area contributed by atoms with Gasteiger partial charge in [0.25, 0.3) is 5.91 Å². The average molecular weight is 648 g/mol. The third-order valence-electron chi connectivity index (χ3n) is 8.53. The smallest absolute Gasteiger partial charge is 0.309 e. The Balaban J connectivity index is 1.28. The lowest BCUT2D eigenvalue weighted by Gasteiger charge is -2.31. The third kappa shape index (κ3) is 6.78. The number of hydrogen-bond donors (Lipinski definition) is 0. The van der Waals surface area contributed by atoms with Crippen LogP contribution in [-0.2, 0) is 24.3 Å². The van der Waals surface area contributed by atoms with Crippen LogP contribution in [0, 0.1) is 11.8 Å². The molecule has 0 spiro atoms. The highest BCUT2D eigenvalue weighted by atomic mass is 32.2. The maximum absolute atomic E-state index is 13.6. The average Bonchev–Trinajstić information content (AvgIpc) is 3.65. The summed E-state index contributed by atoms with van der Waals surface area (Å²) in [5.74, 6) is -0.127. The minimum Gasteiger partial charge on any atom is -0.466 e. The van der Waals surface area contributed by atoms with Gasteiger partial charge in [-0.15, -0.1) is 0 Å². The second kappa shape index (κ2) is 13.3. The Hall–Kier alpha value is -3.74. The van der Waals surface area contributed by atoms with E-state index in [1.165, 1.54) is 11.8 Å². The number of para-hydroxylation sites is 1. The molecular weight excluding hydrogens is 611 g/mol. The molecule has 3 aliphatic rings. The van der Waals surface area contributed by atoms with E-state index in [0.29, 0.717) is 78.4 Å². The van der Waals surface area contributed by atoms with Crippen LogP contribution in [0.3, 0.4) is 0 Å². The predicted molar refractivity (Wildman–Crippen MR) is 175 cm³/mol. The number of aromatic nitrogens is 2. The highest BCUT2D eigenvalue weighted by Crippen LogP contribution is 2.35. The van der Waals surface area contributed by atoms with Crippen LogP contribution in [0.2, 0.25) is 0 Å². The van der Waals surface area contributed by atoms with Gasteiger partial charge in [-0.2, -0.15) is 14.4 Å². The second-order valence-corrected chi connectivity index (χ2v) is 14.6. The molecule has 2 aromatic carbocycles. The molecule has 0 radical (unpaired) electrons. The van der Waals surface area contributed by atoms with Gasteiger partial charge in [-0.25, -0.2) is 13.1 Å². The first kappa shape index (κ1) is 31.3. The van der Waals surface area contributed by atoms with Crippen molar-refractivity contribution in [3.63, 3.8) is 0 Å². The molecule has 2 fully saturated rings. The van der Waals surface area contributed by atoms with E-state index in [1.54, 1.807) is 40.2 Å². The number of sulfonamides is 1. The van der Waals surface area contributed by atoms with Gasteiger partial charge < -0.3 is 9.64 Å². The monoisotopic (exact) mass is 647 g/mol. The van der Waals surface area contributed by atoms with E-state index < -0.39 is 10.0 Å². The fraction of sp³-hybridized carbons (Fsp3) is 0.394. The standard InChI is InChI=1S/C33H37N5O5S2/c1-3-43-32(40)24-14-16-36(17-15-24)33-34-31(39)29(44-33)21-26-22-38(27-9-5-4-6-10-27)35-30(26)25-8-7-11-28(20-25)45(41,42)37-18-12-23(2)13-19-37/h4-11,20-24H,3,12-19H2,1-2H3. The zero-order chi connectivity index (χ0) is 31.6. The van der Waals surface area contributed by atoms with Crippen LogP contribution in [0.25, 0.3) is 23.0 Å². The van der Waals surface area contributed by atoms with Gasteiger partial charge >= 0.3 is 5.97 Å². The molecule has 1 aromatic heterocycles. The summed E-state index contributed by atoms with van der Waals surface area (Å²) in [5.41, 5.74) is 2.71. The number of amidine groups is 1. The Morgan fingerprint density at radius 3 is 2.47 bits per heavy atom. The number of likely N-dealkylation sites (tertiary alicyclic amines) is 1.